The molecule has 0 saturated carbocycles. The third-order valence-electron chi connectivity index (χ3n) is 6.31. The Balaban J connectivity index is 1.73. The molecule has 2 aromatic rings. The van der Waals surface area contributed by atoms with Crippen LogP contribution in [-0.2, 0) is 20.5 Å². The Labute approximate surface area is 205 Å². The lowest BCUT2D eigenvalue weighted by molar-refractivity contribution is -0.121. The number of rotatable bonds is 3. The molecule has 0 unspecified atom stereocenters. The quantitative estimate of drug-likeness (QED) is 0.644. The highest BCUT2D eigenvalue weighted by atomic mass is 35.5. The number of hydrogen-bond acceptors (Lipinski definition) is 4. The van der Waals surface area contributed by atoms with Crippen molar-refractivity contribution in [3.8, 4) is 0 Å². The first-order chi connectivity index (χ1) is 16.5. The van der Waals surface area contributed by atoms with Crippen LogP contribution in [0.2, 0.25) is 5.02 Å². The van der Waals surface area contributed by atoms with Crippen molar-refractivity contribution in [2.45, 2.75) is 58.1 Å². The molecule has 33 heavy (non-hydrogen) atoms. The molecule has 2 amide bonds. The highest BCUT2D eigenvalue weighted by molar-refractivity contribution is 6.31. The predicted octanol–water partition coefficient (Wildman–Crippen LogP) is 5.46. The van der Waals surface area contributed by atoms with Crippen molar-refractivity contribution in [2.24, 2.45) is 0 Å². The normalized spacial score (nSPS) is 20.3. The highest BCUT2D eigenvalue weighted by Gasteiger charge is 2.50. The van der Waals surface area contributed by atoms with E-state index in [0.717, 1.165) is 16.0 Å². The van der Waals surface area contributed by atoms with E-state index in [0.29, 0.717) is 35.1 Å². The fourth-order valence-electron chi connectivity index (χ4n) is 4.70. The number of ether oxygens (including phenoxy) is 1. The van der Waals surface area contributed by atoms with Crippen LogP contribution in [0.15, 0.2) is 36.4 Å². The summed E-state index contributed by atoms with van der Waals surface area (Å²) in [7, 11) is 0. The molecular weight excluding hydrogens is 438 g/mol. The number of halogens is 1. The van der Waals surface area contributed by atoms with Crippen molar-refractivity contribution in [1.82, 2.24) is 4.90 Å². The maximum atomic E-state index is 13.0. The first kappa shape index (κ1) is 19.7. The minimum Gasteiger partial charge on any atom is -0.444 e. The van der Waals surface area contributed by atoms with E-state index in [1.165, 1.54) is 0 Å². The van der Waals surface area contributed by atoms with Crippen LogP contribution in [0, 0.1) is 6.92 Å². The van der Waals surface area contributed by atoms with Gasteiger partial charge in [0.25, 0.3) is 0 Å². The Morgan fingerprint density at radius 3 is 2.52 bits per heavy atom. The van der Waals surface area contributed by atoms with E-state index < -0.39 is 35.5 Å². The Morgan fingerprint density at radius 1 is 1.21 bits per heavy atom. The van der Waals surface area contributed by atoms with Gasteiger partial charge in [-0.15, -0.1) is 0 Å². The van der Waals surface area contributed by atoms with Crippen molar-refractivity contribution in [2.75, 3.05) is 30.3 Å². The second-order valence-corrected chi connectivity index (χ2v) is 10.9. The van der Waals surface area contributed by atoms with Crippen LogP contribution in [0.4, 0.5) is 16.2 Å². The SMILES string of the molecule is [2H]C([2H])([2H])N1C(=O)C(C)(C)c2ccc(NC3(c4c(C)cccc4Cl)CN(C(=O)OC(C)(C)C)C3)cc21. The Hall–Kier alpha value is -2.73. The standard InChI is InChI=1S/C26H32ClN3O3/c1-16-9-8-10-19(27)21(16)26(14-30(15-26)23(32)33-24(2,3)4)28-17-11-12-18-20(13-17)29(7)22(31)25(18,5)6/h8-13,28H,14-15H2,1-7H3/i7D3. The molecule has 4 rings (SSSR count). The largest absolute Gasteiger partial charge is 0.444 e. The van der Waals surface area contributed by atoms with Crippen molar-refractivity contribution in [3.63, 3.8) is 0 Å². The number of benzene rings is 2. The summed E-state index contributed by atoms with van der Waals surface area (Å²) in [5.41, 5.74) is 1.14. The molecule has 7 heteroatoms. The molecule has 1 fully saturated rings. The van der Waals surface area contributed by atoms with Gasteiger partial charge in [-0.2, -0.15) is 0 Å². The van der Waals surface area contributed by atoms with Gasteiger partial charge in [-0.1, -0.05) is 29.8 Å². The maximum Gasteiger partial charge on any atom is 0.410 e. The molecule has 1 N–H and O–H groups in total. The van der Waals surface area contributed by atoms with E-state index in [2.05, 4.69) is 5.32 Å². The average Bonchev–Trinajstić information content (AvgIpc) is 2.88. The number of carbonyl (C=O) groups excluding carboxylic acids is 2. The van der Waals surface area contributed by atoms with Crippen molar-refractivity contribution < 1.29 is 18.4 Å². The number of likely N-dealkylation sites (N-methyl/N-ethyl adjacent to an activating group) is 1. The molecular formula is C26H32ClN3O3. The average molecular weight is 473 g/mol. The third kappa shape index (κ3) is 3.95. The molecule has 0 radical (unpaired) electrons. The minimum absolute atomic E-state index is 0.303. The molecule has 2 heterocycles. The van der Waals surface area contributed by atoms with Crippen molar-refractivity contribution in [1.29, 1.82) is 0 Å². The fourth-order valence-corrected chi connectivity index (χ4v) is 5.10. The minimum atomic E-state index is -2.61. The summed E-state index contributed by atoms with van der Waals surface area (Å²) >= 11 is 6.66. The lowest BCUT2D eigenvalue weighted by Gasteiger charge is -2.51. The van der Waals surface area contributed by atoms with Crippen LogP contribution in [0.25, 0.3) is 0 Å². The fraction of sp³-hybridized carbons (Fsp3) is 0.462. The van der Waals surface area contributed by atoms with E-state index >= 15 is 0 Å². The van der Waals surface area contributed by atoms with E-state index in [-0.39, 0.29) is 0 Å². The van der Waals surface area contributed by atoms with Gasteiger partial charge in [0.2, 0.25) is 5.91 Å². The number of nitrogens with one attached hydrogen (secondary N) is 1. The van der Waals surface area contributed by atoms with Gasteiger partial charge >= 0.3 is 6.09 Å². The summed E-state index contributed by atoms with van der Waals surface area (Å²) < 4.78 is 29.4. The smallest absolute Gasteiger partial charge is 0.410 e. The van der Waals surface area contributed by atoms with E-state index in [9.17, 15) is 9.59 Å². The molecule has 0 aromatic heterocycles. The van der Waals surface area contributed by atoms with Gasteiger partial charge in [0.1, 0.15) is 5.60 Å². The Morgan fingerprint density at radius 2 is 1.91 bits per heavy atom. The number of aryl methyl sites for hydroxylation is 1. The van der Waals surface area contributed by atoms with E-state index in [1.807, 2.05) is 52.0 Å². The summed E-state index contributed by atoms with van der Waals surface area (Å²) in [5, 5.41) is 4.09. The predicted molar refractivity (Wildman–Crippen MR) is 132 cm³/mol. The van der Waals surface area contributed by atoms with Gasteiger partial charge in [-0.05, 0) is 70.9 Å². The lowest BCUT2D eigenvalue weighted by atomic mass is 9.79. The van der Waals surface area contributed by atoms with Crippen molar-refractivity contribution in [3.05, 3.63) is 58.1 Å². The van der Waals surface area contributed by atoms with Crippen LogP contribution in [0.1, 0.15) is 55.4 Å². The summed E-state index contributed by atoms with van der Waals surface area (Å²) in [6.45, 7) is 8.86. The maximum absolute atomic E-state index is 13.0. The van der Waals surface area contributed by atoms with Crippen molar-refractivity contribution >= 4 is 35.0 Å². The number of likely N-dealkylation sites (tertiary alicyclic amines) is 1. The molecule has 0 aliphatic carbocycles. The second-order valence-electron chi connectivity index (χ2n) is 10.5. The van der Waals surface area contributed by atoms with Gasteiger partial charge in [0.05, 0.1) is 24.0 Å². The van der Waals surface area contributed by atoms with E-state index in [4.69, 9.17) is 20.5 Å². The Bertz CT molecular complexity index is 1210. The summed E-state index contributed by atoms with van der Waals surface area (Å²) in [4.78, 5) is 28.2. The highest BCUT2D eigenvalue weighted by Crippen LogP contribution is 2.45. The van der Waals surface area contributed by atoms with Crippen LogP contribution in [0.3, 0.4) is 0 Å². The molecule has 2 aliphatic heterocycles. The molecule has 2 aromatic carbocycles. The lowest BCUT2D eigenvalue weighted by Crippen LogP contribution is -2.65. The topological polar surface area (TPSA) is 61.9 Å². The van der Waals surface area contributed by atoms with Gasteiger partial charge < -0.3 is 19.9 Å². The van der Waals surface area contributed by atoms with Gasteiger partial charge in [0.15, 0.2) is 0 Å². The van der Waals surface area contributed by atoms with Crippen LogP contribution < -0.4 is 10.2 Å². The second kappa shape index (κ2) is 7.66. The number of anilines is 2. The number of amides is 2. The number of fused-ring (bicyclic) bond motifs is 1. The van der Waals surface area contributed by atoms with Gasteiger partial charge in [-0.3, -0.25) is 4.79 Å². The number of nitrogens with zero attached hydrogens (tertiary/aromatic N) is 2. The molecule has 6 nitrogen and oxygen atoms in total. The zero-order valence-electron chi connectivity index (χ0n) is 22.9. The zero-order valence-corrected chi connectivity index (χ0v) is 20.6. The van der Waals surface area contributed by atoms with Crippen LogP contribution in [0.5, 0.6) is 0 Å². The first-order valence-electron chi connectivity index (χ1n) is 12.5. The number of hydrogen-bond donors (Lipinski definition) is 1. The molecule has 2 aliphatic rings. The third-order valence-corrected chi connectivity index (χ3v) is 6.62. The molecule has 1 saturated heterocycles. The Kier molecular flexibility index (Phi) is 4.57. The van der Waals surface area contributed by atoms with Gasteiger partial charge in [-0.25, -0.2) is 4.79 Å². The molecule has 176 valence electrons. The summed E-state index contributed by atoms with van der Waals surface area (Å²) in [6.07, 6.45) is -0.417. The van der Waals surface area contributed by atoms with Crippen LogP contribution >= 0.6 is 11.6 Å². The van der Waals surface area contributed by atoms with E-state index in [1.54, 1.807) is 30.9 Å². The monoisotopic (exact) mass is 472 g/mol. The molecule has 0 spiro atoms. The zero-order chi connectivity index (χ0) is 26.8. The molecule has 0 atom stereocenters. The molecule has 0 bridgehead atoms. The van der Waals surface area contributed by atoms with Gasteiger partial charge in [0, 0.05) is 33.0 Å². The summed E-state index contributed by atoms with van der Waals surface area (Å²) in [6, 6.07) is 11.0. The first-order valence-corrected chi connectivity index (χ1v) is 11.3. The number of carbonyl (C=O) groups is 2. The summed E-state index contributed by atoms with van der Waals surface area (Å²) in [5.74, 6) is -0.467. The van der Waals surface area contributed by atoms with Crippen LogP contribution in [-0.4, -0.2) is 42.6 Å².